The van der Waals surface area contributed by atoms with Gasteiger partial charge in [0.15, 0.2) is 12.1 Å². The van der Waals surface area contributed by atoms with Crippen molar-refractivity contribution in [1.29, 1.82) is 0 Å². The summed E-state index contributed by atoms with van der Waals surface area (Å²) in [6.45, 7) is 3.95. The highest BCUT2D eigenvalue weighted by Crippen LogP contribution is 2.35. The van der Waals surface area contributed by atoms with Gasteiger partial charge in [-0.2, -0.15) is 5.11 Å². The highest BCUT2D eigenvalue weighted by Gasteiger charge is 2.55. The Morgan fingerprint density at radius 3 is 2.48 bits per heavy atom. The van der Waals surface area contributed by atoms with E-state index in [4.69, 9.17) is 0 Å². The van der Waals surface area contributed by atoms with E-state index < -0.39 is 29.7 Å². The fourth-order valence-corrected chi connectivity index (χ4v) is 3.11. The molecule has 7 heteroatoms. The second-order valence-electron chi connectivity index (χ2n) is 6.20. The minimum absolute atomic E-state index is 0.208. The molecule has 2 atom stereocenters. The molecule has 2 aliphatic rings. The predicted octanol–water partition coefficient (Wildman–Crippen LogP) is 2.94. The average molecular weight is 338 g/mol. The zero-order chi connectivity index (χ0) is 17.7. The van der Waals surface area contributed by atoms with Crippen LogP contribution in [-0.2, 0) is 9.59 Å². The summed E-state index contributed by atoms with van der Waals surface area (Å²) in [4.78, 5) is 26.5. The number of amides is 2. The number of carbonyl (C=O) groups is 2. The van der Waals surface area contributed by atoms with Crippen molar-refractivity contribution < 1.29 is 14.0 Å². The highest BCUT2D eigenvalue weighted by molar-refractivity contribution is 6.26. The number of benzene rings is 2. The van der Waals surface area contributed by atoms with E-state index in [1.807, 2.05) is 32.0 Å². The topological polar surface area (TPSA) is 65.3 Å². The molecule has 2 aromatic rings. The van der Waals surface area contributed by atoms with Crippen LogP contribution in [0.1, 0.15) is 11.1 Å². The maximum absolute atomic E-state index is 13.5. The Labute approximate surface area is 143 Å². The van der Waals surface area contributed by atoms with Crippen LogP contribution in [0, 0.1) is 19.7 Å². The van der Waals surface area contributed by atoms with Crippen LogP contribution in [0.4, 0.5) is 15.8 Å². The molecule has 4 rings (SSSR count). The summed E-state index contributed by atoms with van der Waals surface area (Å²) in [6, 6.07) is 9.34. The van der Waals surface area contributed by atoms with Crippen molar-refractivity contribution in [2.45, 2.75) is 25.9 Å². The molecule has 0 bridgehead atoms. The van der Waals surface area contributed by atoms with E-state index in [1.165, 1.54) is 23.2 Å². The quantitative estimate of drug-likeness (QED) is 0.791. The van der Waals surface area contributed by atoms with E-state index in [2.05, 4.69) is 10.3 Å². The van der Waals surface area contributed by atoms with Crippen molar-refractivity contribution >= 4 is 23.2 Å². The summed E-state index contributed by atoms with van der Waals surface area (Å²) >= 11 is 0. The van der Waals surface area contributed by atoms with Gasteiger partial charge in [-0.1, -0.05) is 17.4 Å². The van der Waals surface area contributed by atoms with Crippen molar-refractivity contribution in [1.82, 2.24) is 0 Å². The number of halogens is 1. The number of aryl methyl sites for hydroxylation is 2. The second kappa shape index (κ2) is 5.47. The van der Waals surface area contributed by atoms with Crippen LogP contribution in [0.5, 0.6) is 0 Å². The molecule has 2 aromatic carbocycles. The number of carbonyl (C=O) groups excluding carboxylic acids is 2. The predicted molar refractivity (Wildman–Crippen MR) is 89.7 cm³/mol. The molecule has 126 valence electrons. The number of imide groups is 1. The fraction of sp³-hybridized carbons (Fsp3) is 0.222. The van der Waals surface area contributed by atoms with E-state index in [1.54, 1.807) is 0 Å². The zero-order valence-electron chi connectivity index (χ0n) is 13.7. The van der Waals surface area contributed by atoms with Crippen LogP contribution in [0.3, 0.4) is 0 Å². The summed E-state index contributed by atoms with van der Waals surface area (Å²) in [5, 5.41) is 9.47. The Hall–Kier alpha value is -3.09. The molecule has 2 heterocycles. The monoisotopic (exact) mass is 338 g/mol. The molecule has 0 unspecified atom stereocenters. The van der Waals surface area contributed by atoms with Crippen molar-refractivity contribution in [2.24, 2.45) is 10.3 Å². The highest BCUT2D eigenvalue weighted by atomic mass is 19.1. The van der Waals surface area contributed by atoms with Crippen LogP contribution in [-0.4, -0.2) is 23.9 Å². The maximum atomic E-state index is 13.5. The second-order valence-corrected chi connectivity index (χ2v) is 6.20. The van der Waals surface area contributed by atoms with Crippen molar-refractivity contribution in [3.05, 3.63) is 59.4 Å². The molecule has 1 fully saturated rings. The van der Waals surface area contributed by atoms with Crippen LogP contribution >= 0.6 is 0 Å². The molecule has 0 radical (unpaired) electrons. The lowest BCUT2D eigenvalue weighted by Gasteiger charge is -2.21. The third-order valence-electron chi connectivity index (χ3n) is 4.60. The van der Waals surface area contributed by atoms with Gasteiger partial charge in [-0.05, 0) is 55.3 Å². The van der Waals surface area contributed by atoms with Gasteiger partial charge in [-0.3, -0.25) is 9.59 Å². The molecule has 2 amide bonds. The smallest absolute Gasteiger partial charge is 0.263 e. The third-order valence-corrected chi connectivity index (χ3v) is 4.60. The van der Waals surface area contributed by atoms with Crippen molar-refractivity contribution in [3.63, 3.8) is 0 Å². The largest absolute Gasteiger partial charge is 0.271 e. The number of anilines is 2. The number of nitrogens with zero attached hydrogens (tertiary/aromatic N) is 4. The van der Waals surface area contributed by atoms with Crippen LogP contribution < -0.4 is 9.91 Å². The number of fused-ring (bicyclic) bond motifs is 1. The van der Waals surface area contributed by atoms with Crippen molar-refractivity contribution in [2.75, 3.05) is 9.91 Å². The molecule has 0 aliphatic carbocycles. The van der Waals surface area contributed by atoms with E-state index >= 15 is 0 Å². The molecule has 6 nitrogen and oxygen atoms in total. The Bertz CT molecular complexity index is 927. The van der Waals surface area contributed by atoms with E-state index in [0.717, 1.165) is 22.1 Å². The van der Waals surface area contributed by atoms with E-state index in [9.17, 15) is 14.0 Å². The van der Waals surface area contributed by atoms with Gasteiger partial charge in [0.1, 0.15) is 5.82 Å². The molecule has 0 aromatic heterocycles. The third kappa shape index (κ3) is 2.31. The summed E-state index contributed by atoms with van der Waals surface area (Å²) in [7, 11) is 0. The number of rotatable bonds is 2. The van der Waals surface area contributed by atoms with Gasteiger partial charge >= 0.3 is 0 Å². The molecular weight excluding hydrogens is 323 g/mol. The van der Waals surface area contributed by atoms with Gasteiger partial charge in [-0.25, -0.2) is 14.3 Å². The van der Waals surface area contributed by atoms with Gasteiger partial charge < -0.3 is 0 Å². The van der Waals surface area contributed by atoms with Crippen LogP contribution in [0.15, 0.2) is 52.8 Å². The van der Waals surface area contributed by atoms with Gasteiger partial charge in [-0.15, -0.1) is 0 Å². The zero-order valence-corrected chi connectivity index (χ0v) is 13.7. The van der Waals surface area contributed by atoms with Crippen LogP contribution in [0.2, 0.25) is 0 Å². The SMILES string of the molecule is Cc1ccc(N2N=N[C@@H]3C(=O)N(c4cccc(F)c4)C(=O)[C@H]32)cc1C. The standard InChI is InChI=1S/C18H15FN4O2/c1-10-6-7-14(8-11(10)2)23-16-15(20-21-23)17(24)22(18(16)25)13-5-3-4-12(19)9-13/h3-9,15-16H,1-2H3/t15-,16-/m0/s1. The number of hydrogen-bond acceptors (Lipinski definition) is 5. The summed E-state index contributed by atoms with van der Waals surface area (Å²) in [5.41, 5.74) is 3.07. The van der Waals surface area contributed by atoms with Gasteiger partial charge in [0, 0.05) is 0 Å². The molecule has 0 saturated carbocycles. The fourth-order valence-electron chi connectivity index (χ4n) is 3.11. The molecular formula is C18H15FN4O2. The normalized spacial score (nSPS) is 22.0. The maximum Gasteiger partial charge on any atom is 0.263 e. The first-order chi connectivity index (χ1) is 12.0. The molecule has 2 aliphatic heterocycles. The lowest BCUT2D eigenvalue weighted by molar-refractivity contribution is -0.121. The van der Waals surface area contributed by atoms with Gasteiger partial charge in [0.2, 0.25) is 0 Å². The first-order valence-electron chi connectivity index (χ1n) is 7.88. The van der Waals surface area contributed by atoms with Gasteiger partial charge in [0.05, 0.1) is 11.4 Å². The van der Waals surface area contributed by atoms with Gasteiger partial charge in [0.25, 0.3) is 11.8 Å². The molecule has 0 N–H and O–H groups in total. The lowest BCUT2D eigenvalue weighted by Crippen LogP contribution is -2.40. The first-order valence-corrected chi connectivity index (χ1v) is 7.88. The summed E-state index contributed by atoms with van der Waals surface area (Å²) in [5.74, 6) is -1.46. The Balaban J connectivity index is 1.71. The molecule has 25 heavy (non-hydrogen) atoms. The van der Waals surface area contributed by atoms with E-state index in [-0.39, 0.29) is 5.69 Å². The molecule has 0 spiro atoms. The summed E-state index contributed by atoms with van der Waals surface area (Å²) < 4.78 is 13.5. The van der Waals surface area contributed by atoms with E-state index in [0.29, 0.717) is 5.69 Å². The Morgan fingerprint density at radius 2 is 1.76 bits per heavy atom. The first kappa shape index (κ1) is 15.4. The lowest BCUT2D eigenvalue weighted by atomic mass is 10.1. The van der Waals surface area contributed by atoms with Crippen LogP contribution in [0.25, 0.3) is 0 Å². The average Bonchev–Trinajstić information content (AvgIpc) is 3.11. The van der Waals surface area contributed by atoms with Crippen molar-refractivity contribution in [3.8, 4) is 0 Å². The molecule has 1 saturated heterocycles. The Morgan fingerprint density at radius 1 is 0.960 bits per heavy atom. The minimum atomic E-state index is -0.905. The summed E-state index contributed by atoms with van der Waals surface area (Å²) in [6.07, 6.45) is 0. The number of hydrogen-bond donors (Lipinski definition) is 0. The Kier molecular flexibility index (Phi) is 3.38. The minimum Gasteiger partial charge on any atom is -0.271 e.